The van der Waals surface area contributed by atoms with Gasteiger partial charge in [0, 0.05) is 31.5 Å². The Labute approximate surface area is 106 Å². The number of imidazole rings is 1. The maximum atomic E-state index is 9.91. The lowest BCUT2D eigenvalue weighted by Gasteiger charge is -2.09. The number of rotatable bonds is 5. The highest BCUT2D eigenvalue weighted by atomic mass is 16.5. The van der Waals surface area contributed by atoms with Crippen molar-refractivity contribution in [3.05, 3.63) is 42.0 Å². The van der Waals surface area contributed by atoms with Crippen LogP contribution in [0.25, 0.3) is 0 Å². The zero-order chi connectivity index (χ0) is 13.0. The second-order valence-electron chi connectivity index (χ2n) is 4.03. The van der Waals surface area contributed by atoms with E-state index in [0.29, 0.717) is 18.8 Å². The Morgan fingerprint density at radius 1 is 1.39 bits per heavy atom. The van der Waals surface area contributed by atoms with Gasteiger partial charge in [0.15, 0.2) is 11.5 Å². The molecule has 0 atom stereocenters. The molecule has 1 heterocycles. The van der Waals surface area contributed by atoms with Crippen molar-refractivity contribution >= 4 is 0 Å². The molecule has 0 unspecified atom stereocenters. The molecule has 5 nitrogen and oxygen atoms in total. The lowest BCUT2D eigenvalue weighted by Crippen LogP contribution is -2.15. The van der Waals surface area contributed by atoms with Gasteiger partial charge in [0.05, 0.1) is 13.7 Å². The molecule has 2 rings (SSSR count). The number of benzene rings is 1. The number of methoxy groups -OCH3 is 1. The summed E-state index contributed by atoms with van der Waals surface area (Å²) in [6.45, 7) is 1.22. The molecule has 0 aliphatic rings. The van der Waals surface area contributed by atoms with Crippen LogP contribution in [-0.2, 0) is 20.1 Å². The summed E-state index contributed by atoms with van der Waals surface area (Å²) in [6, 6.07) is 5.46. The molecule has 18 heavy (non-hydrogen) atoms. The summed E-state index contributed by atoms with van der Waals surface area (Å²) in [5, 5.41) is 13.2. The van der Waals surface area contributed by atoms with Crippen molar-refractivity contribution in [1.82, 2.24) is 14.9 Å². The zero-order valence-electron chi connectivity index (χ0n) is 10.6. The van der Waals surface area contributed by atoms with E-state index in [1.54, 1.807) is 19.4 Å². The van der Waals surface area contributed by atoms with Gasteiger partial charge in [-0.1, -0.05) is 12.1 Å². The standard InChI is InChI=1S/C13H17N3O2/c1-16-7-6-15-12(16)9-14-8-10-4-3-5-11(18-2)13(10)17/h3-7,14,17H,8-9H2,1-2H3. The van der Waals surface area contributed by atoms with Crippen molar-refractivity contribution in [2.45, 2.75) is 13.1 Å². The summed E-state index contributed by atoms with van der Waals surface area (Å²) in [5.74, 6) is 1.64. The van der Waals surface area contributed by atoms with Gasteiger partial charge in [-0.2, -0.15) is 0 Å². The Morgan fingerprint density at radius 3 is 2.89 bits per heavy atom. The highest BCUT2D eigenvalue weighted by Crippen LogP contribution is 2.29. The largest absolute Gasteiger partial charge is 0.504 e. The van der Waals surface area contributed by atoms with Gasteiger partial charge in [0.1, 0.15) is 5.82 Å². The quantitative estimate of drug-likeness (QED) is 0.839. The van der Waals surface area contributed by atoms with Gasteiger partial charge >= 0.3 is 0 Å². The summed E-state index contributed by atoms with van der Waals surface area (Å²) in [6.07, 6.45) is 3.67. The highest BCUT2D eigenvalue weighted by molar-refractivity contribution is 5.45. The van der Waals surface area contributed by atoms with Crippen LogP contribution in [0.4, 0.5) is 0 Å². The van der Waals surface area contributed by atoms with Crippen LogP contribution >= 0.6 is 0 Å². The van der Waals surface area contributed by atoms with E-state index in [-0.39, 0.29) is 5.75 Å². The van der Waals surface area contributed by atoms with Crippen molar-refractivity contribution < 1.29 is 9.84 Å². The van der Waals surface area contributed by atoms with Gasteiger partial charge in [-0.3, -0.25) is 0 Å². The van der Waals surface area contributed by atoms with E-state index in [9.17, 15) is 5.11 Å². The van der Waals surface area contributed by atoms with E-state index >= 15 is 0 Å². The third kappa shape index (κ3) is 2.62. The first-order chi connectivity index (χ1) is 8.72. The van der Waals surface area contributed by atoms with Gasteiger partial charge in [-0.05, 0) is 6.07 Å². The molecule has 0 saturated heterocycles. The number of hydrogen-bond donors (Lipinski definition) is 2. The first-order valence-corrected chi connectivity index (χ1v) is 5.74. The second kappa shape index (κ2) is 5.55. The van der Waals surface area contributed by atoms with E-state index in [1.165, 1.54) is 0 Å². The Bertz CT molecular complexity index is 523. The van der Waals surface area contributed by atoms with Gasteiger partial charge < -0.3 is 19.7 Å². The monoisotopic (exact) mass is 247 g/mol. The summed E-state index contributed by atoms with van der Waals surface area (Å²) >= 11 is 0. The molecular weight excluding hydrogens is 230 g/mol. The summed E-state index contributed by atoms with van der Waals surface area (Å²) in [5.41, 5.74) is 0.809. The van der Waals surface area contributed by atoms with Crippen LogP contribution in [0, 0.1) is 0 Å². The fraction of sp³-hybridized carbons (Fsp3) is 0.308. The molecular formula is C13H17N3O2. The first kappa shape index (κ1) is 12.4. The fourth-order valence-corrected chi connectivity index (χ4v) is 1.75. The number of phenols is 1. The molecule has 96 valence electrons. The van der Waals surface area contributed by atoms with Crippen LogP contribution in [-0.4, -0.2) is 21.8 Å². The number of aromatic nitrogens is 2. The van der Waals surface area contributed by atoms with Crippen LogP contribution in [0.15, 0.2) is 30.6 Å². The zero-order valence-corrected chi connectivity index (χ0v) is 10.6. The van der Waals surface area contributed by atoms with E-state index < -0.39 is 0 Å². The molecule has 1 aromatic carbocycles. The second-order valence-corrected chi connectivity index (χ2v) is 4.03. The molecule has 0 radical (unpaired) electrons. The number of nitrogens with zero attached hydrogens (tertiary/aromatic N) is 2. The topological polar surface area (TPSA) is 59.3 Å². The molecule has 0 saturated carbocycles. The van der Waals surface area contributed by atoms with Gasteiger partial charge in [0.2, 0.25) is 0 Å². The molecule has 0 amide bonds. The third-order valence-corrected chi connectivity index (χ3v) is 2.82. The molecule has 1 aromatic heterocycles. The number of nitrogens with one attached hydrogen (secondary N) is 1. The number of para-hydroxylation sites is 1. The van der Waals surface area contributed by atoms with Crippen molar-refractivity contribution in [3.63, 3.8) is 0 Å². The average molecular weight is 247 g/mol. The van der Waals surface area contributed by atoms with Crippen LogP contribution in [0.3, 0.4) is 0 Å². The predicted octanol–water partition coefficient (Wildman–Crippen LogP) is 1.42. The molecule has 2 aromatic rings. The van der Waals surface area contributed by atoms with Crippen LogP contribution in [0.5, 0.6) is 11.5 Å². The fourth-order valence-electron chi connectivity index (χ4n) is 1.75. The normalized spacial score (nSPS) is 10.6. The Kier molecular flexibility index (Phi) is 3.84. The summed E-state index contributed by atoms with van der Waals surface area (Å²) in [4.78, 5) is 4.22. The lowest BCUT2D eigenvalue weighted by molar-refractivity contribution is 0.369. The van der Waals surface area contributed by atoms with Gasteiger partial charge in [-0.15, -0.1) is 0 Å². The molecule has 0 spiro atoms. The molecule has 0 fully saturated rings. The van der Waals surface area contributed by atoms with Crippen molar-refractivity contribution in [1.29, 1.82) is 0 Å². The number of aromatic hydroxyl groups is 1. The first-order valence-electron chi connectivity index (χ1n) is 5.74. The van der Waals surface area contributed by atoms with Gasteiger partial charge in [-0.25, -0.2) is 4.98 Å². The van der Waals surface area contributed by atoms with Crippen molar-refractivity contribution in [2.24, 2.45) is 7.05 Å². The van der Waals surface area contributed by atoms with E-state index in [0.717, 1.165) is 11.4 Å². The molecule has 5 heteroatoms. The number of phenolic OH excluding ortho intramolecular Hbond substituents is 1. The molecule has 0 bridgehead atoms. The minimum absolute atomic E-state index is 0.187. The predicted molar refractivity (Wildman–Crippen MR) is 68.4 cm³/mol. The van der Waals surface area contributed by atoms with Crippen LogP contribution in [0.2, 0.25) is 0 Å². The van der Waals surface area contributed by atoms with Crippen molar-refractivity contribution in [3.8, 4) is 11.5 Å². The Morgan fingerprint density at radius 2 is 2.22 bits per heavy atom. The van der Waals surface area contributed by atoms with Crippen LogP contribution < -0.4 is 10.1 Å². The average Bonchev–Trinajstić information content (AvgIpc) is 2.77. The number of ether oxygens (including phenoxy) is 1. The maximum absolute atomic E-state index is 9.91. The Hall–Kier alpha value is -2.01. The van der Waals surface area contributed by atoms with Crippen molar-refractivity contribution in [2.75, 3.05) is 7.11 Å². The SMILES string of the molecule is COc1cccc(CNCc2nccn2C)c1O. The summed E-state index contributed by atoms with van der Waals surface area (Å²) < 4.78 is 7.02. The smallest absolute Gasteiger partial charge is 0.162 e. The Balaban J connectivity index is 1.96. The third-order valence-electron chi connectivity index (χ3n) is 2.82. The molecule has 0 aliphatic heterocycles. The number of hydrogen-bond acceptors (Lipinski definition) is 4. The van der Waals surface area contributed by atoms with Crippen LogP contribution in [0.1, 0.15) is 11.4 Å². The highest BCUT2D eigenvalue weighted by Gasteiger charge is 2.07. The van der Waals surface area contributed by atoms with E-state index in [1.807, 2.05) is 29.9 Å². The minimum atomic E-state index is 0.187. The summed E-state index contributed by atoms with van der Waals surface area (Å²) in [7, 11) is 3.49. The minimum Gasteiger partial charge on any atom is -0.504 e. The van der Waals surface area contributed by atoms with E-state index in [4.69, 9.17) is 4.74 Å². The molecule has 2 N–H and O–H groups in total. The number of aryl methyl sites for hydroxylation is 1. The lowest BCUT2D eigenvalue weighted by atomic mass is 10.2. The molecule has 0 aliphatic carbocycles. The van der Waals surface area contributed by atoms with E-state index in [2.05, 4.69) is 10.3 Å². The maximum Gasteiger partial charge on any atom is 0.162 e. The van der Waals surface area contributed by atoms with Gasteiger partial charge in [0.25, 0.3) is 0 Å².